The van der Waals surface area contributed by atoms with Gasteiger partial charge in [0.1, 0.15) is 15.9 Å². The monoisotopic (exact) mass is 318 g/mol. The third-order valence-corrected chi connectivity index (χ3v) is 3.28. The second-order valence-electron chi connectivity index (χ2n) is 3.80. The van der Waals surface area contributed by atoms with E-state index < -0.39 is 23.5 Å². The van der Waals surface area contributed by atoms with Crippen molar-refractivity contribution in [1.29, 1.82) is 0 Å². The van der Waals surface area contributed by atoms with Gasteiger partial charge in [-0.25, -0.2) is 19.2 Å². The predicted octanol–water partition coefficient (Wildman–Crippen LogP) is 3.48. The van der Waals surface area contributed by atoms with E-state index in [0.29, 0.717) is 6.20 Å². The minimum Gasteiger partial charge on any atom is -0.478 e. The Hall–Kier alpha value is -2.16. The quantitative estimate of drug-likeness (QED) is 0.878. The SMILES string of the molecule is O=C(O)c1cc(F)cnc1Sc1ccc(C(F)(F)F)cn1. The van der Waals surface area contributed by atoms with E-state index in [1.54, 1.807) is 0 Å². The molecule has 1 N–H and O–H groups in total. The zero-order valence-corrected chi connectivity index (χ0v) is 10.9. The van der Waals surface area contributed by atoms with Crippen molar-refractivity contribution in [2.24, 2.45) is 0 Å². The number of hydrogen-bond acceptors (Lipinski definition) is 4. The van der Waals surface area contributed by atoms with Crippen LogP contribution in [0.1, 0.15) is 15.9 Å². The molecule has 110 valence electrons. The number of pyridine rings is 2. The number of alkyl halides is 3. The van der Waals surface area contributed by atoms with Crippen molar-refractivity contribution >= 4 is 17.7 Å². The molecule has 21 heavy (non-hydrogen) atoms. The van der Waals surface area contributed by atoms with Crippen molar-refractivity contribution in [3.8, 4) is 0 Å². The van der Waals surface area contributed by atoms with Gasteiger partial charge in [0.25, 0.3) is 0 Å². The Kier molecular flexibility index (Phi) is 4.12. The Balaban J connectivity index is 2.28. The van der Waals surface area contributed by atoms with Gasteiger partial charge in [0, 0.05) is 6.20 Å². The Morgan fingerprint density at radius 1 is 1.19 bits per heavy atom. The van der Waals surface area contributed by atoms with Crippen LogP contribution in [0.3, 0.4) is 0 Å². The first-order chi connectivity index (χ1) is 9.77. The summed E-state index contributed by atoms with van der Waals surface area (Å²) in [4.78, 5) is 18.2. The van der Waals surface area contributed by atoms with E-state index in [-0.39, 0.29) is 15.6 Å². The largest absolute Gasteiger partial charge is 0.478 e. The lowest BCUT2D eigenvalue weighted by Gasteiger charge is -2.07. The molecule has 2 rings (SSSR count). The molecule has 0 saturated carbocycles. The normalized spacial score (nSPS) is 11.4. The molecule has 0 bridgehead atoms. The first kappa shape index (κ1) is 15.2. The average molecular weight is 318 g/mol. The lowest BCUT2D eigenvalue weighted by Crippen LogP contribution is -2.05. The van der Waals surface area contributed by atoms with Gasteiger partial charge in [0.05, 0.1) is 17.3 Å². The van der Waals surface area contributed by atoms with Gasteiger partial charge < -0.3 is 5.11 Å². The van der Waals surface area contributed by atoms with Gasteiger partial charge in [-0.15, -0.1) is 0 Å². The van der Waals surface area contributed by atoms with Gasteiger partial charge in [-0.1, -0.05) is 0 Å². The topological polar surface area (TPSA) is 63.1 Å². The summed E-state index contributed by atoms with van der Waals surface area (Å²) >= 11 is 0.734. The molecule has 0 fully saturated rings. The molecule has 0 saturated heterocycles. The van der Waals surface area contributed by atoms with Crippen LogP contribution in [0.2, 0.25) is 0 Å². The van der Waals surface area contributed by atoms with E-state index in [4.69, 9.17) is 5.11 Å². The van der Waals surface area contributed by atoms with Crippen molar-refractivity contribution in [2.75, 3.05) is 0 Å². The molecule has 0 atom stereocenters. The second-order valence-corrected chi connectivity index (χ2v) is 4.81. The van der Waals surface area contributed by atoms with Crippen LogP contribution in [0.5, 0.6) is 0 Å². The van der Waals surface area contributed by atoms with Crippen molar-refractivity contribution < 1.29 is 27.5 Å². The van der Waals surface area contributed by atoms with Crippen molar-refractivity contribution in [2.45, 2.75) is 16.2 Å². The molecule has 0 aliphatic heterocycles. The summed E-state index contributed by atoms with van der Waals surface area (Å²) < 4.78 is 50.1. The zero-order valence-electron chi connectivity index (χ0n) is 10.1. The fourth-order valence-corrected chi connectivity index (χ4v) is 2.17. The number of rotatable bonds is 3. The Morgan fingerprint density at radius 3 is 2.43 bits per heavy atom. The first-order valence-electron chi connectivity index (χ1n) is 5.37. The van der Waals surface area contributed by atoms with Crippen LogP contribution in [0.25, 0.3) is 0 Å². The summed E-state index contributed by atoms with van der Waals surface area (Å²) in [7, 11) is 0. The Morgan fingerprint density at radius 2 is 1.90 bits per heavy atom. The highest BCUT2D eigenvalue weighted by Gasteiger charge is 2.30. The van der Waals surface area contributed by atoms with Gasteiger partial charge in [-0.3, -0.25) is 0 Å². The van der Waals surface area contributed by atoms with Crippen LogP contribution >= 0.6 is 11.8 Å². The molecular formula is C12H6F4N2O2S. The summed E-state index contributed by atoms with van der Waals surface area (Å²) in [6.07, 6.45) is -3.05. The zero-order chi connectivity index (χ0) is 15.6. The number of carbonyl (C=O) groups is 1. The van der Waals surface area contributed by atoms with Gasteiger partial charge in [-0.2, -0.15) is 13.2 Å². The van der Waals surface area contributed by atoms with Crippen LogP contribution in [0.15, 0.2) is 40.6 Å². The van der Waals surface area contributed by atoms with Gasteiger partial charge in [0.15, 0.2) is 0 Å². The molecule has 0 aliphatic carbocycles. The summed E-state index contributed by atoms with van der Waals surface area (Å²) in [6.45, 7) is 0. The van der Waals surface area contributed by atoms with Crippen molar-refractivity contribution in [3.05, 3.63) is 47.5 Å². The van der Waals surface area contributed by atoms with E-state index in [1.165, 1.54) is 0 Å². The lowest BCUT2D eigenvalue weighted by molar-refractivity contribution is -0.137. The van der Waals surface area contributed by atoms with Crippen LogP contribution in [-0.4, -0.2) is 21.0 Å². The molecular weight excluding hydrogens is 312 g/mol. The average Bonchev–Trinajstić information content (AvgIpc) is 2.40. The Bertz CT molecular complexity index is 674. The fourth-order valence-electron chi connectivity index (χ4n) is 1.37. The molecule has 4 nitrogen and oxygen atoms in total. The maximum atomic E-state index is 13.0. The number of halogens is 4. The smallest absolute Gasteiger partial charge is 0.417 e. The number of carboxylic acid groups (broad SMARTS) is 1. The van der Waals surface area contributed by atoms with Crippen LogP contribution < -0.4 is 0 Å². The van der Waals surface area contributed by atoms with E-state index in [9.17, 15) is 22.4 Å². The molecule has 0 aromatic carbocycles. The number of aromatic carboxylic acids is 1. The highest BCUT2D eigenvalue weighted by molar-refractivity contribution is 7.99. The van der Waals surface area contributed by atoms with Crippen LogP contribution in [-0.2, 0) is 6.18 Å². The van der Waals surface area contributed by atoms with Gasteiger partial charge in [0.2, 0.25) is 0 Å². The number of carboxylic acids is 1. The molecule has 0 radical (unpaired) electrons. The summed E-state index contributed by atoms with van der Waals surface area (Å²) in [6, 6.07) is 2.69. The number of hydrogen-bond donors (Lipinski definition) is 1. The standard InChI is InChI=1S/C12H6F4N2O2S/c13-7-3-8(11(19)20)10(18-5-7)21-9-2-1-6(4-17-9)12(14,15)16/h1-5H,(H,19,20). The van der Waals surface area contributed by atoms with Gasteiger partial charge in [-0.05, 0) is 30.0 Å². The highest BCUT2D eigenvalue weighted by atomic mass is 32.2. The highest BCUT2D eigenvalue weighted by Crippen LogP contribution is 2.32. The molecule has 2 aromatic heterocycles. The molecule has 0 aliphatic rings. The predicted molar refractivity (Wildman–Crippen MR) is 64.5 cm³/mol. The summed E-state index contributed by atoms with van der Waals surface area (Å²) in [5.41, 5.74) is -1.31. The first-order valence-corrected chi connectivity index (χ1v) is 6.19. The van der Waals surface area contributed by atoms with E-state index >= 15 is 0 Å². The molecule has 0 amide bonds. The molecule has 0 unspecified atom stereocenters. The molecule has 2 heterocycles. The summed E-state index contributed by atoms with van der Waals surface area (Å²) in [5, 5.41) is 8.99. The molecule has 2 aromatic rings. The minimum absolute atomic E-state index is 0.0591. The maximum Gasteiger partial charge on any atom is 0.417 e. The maximum absolute atomic E-state index is 13.0. The summed E-state index contributed by atoms with van der Waals surface area (Å²) in [5.74, 6) is -2.21. The van der Waals surface area contributed by atoms with Gasteiger partial charge >= 0.3 is 12.1 Å². The molecule has 0 spiro atoms. The van der Waals surface area contributed by atoms with E-state index in [1.807, 2.05) is 0 Å². The fraction of sp³-hybridized carbons (Fsp3) is 0.0833. The third-order valence-electron chi connectivity index (χ3n) is 2.31. The lowest BCUT2D eigenvalue weighted by atomic mass is 10.3. The van der Waals surface area contributed by atoms with Crippen LogP contribution in [0, 0.1) is 5.82 Å². The third kappa shape index (κ3) is 3.69. The van der Waals surface area contributed by atoms with Crippen molar-refractivity contribution in [3.63, 3.8) is 0 Å². The van der Waals surface area contributed by atoms with Crippen molar-refractivity contribution in [1.82, 2.24) is 9.97 Å². The molecule has 9 heteroatoms. The second kappa shape index (κ2) is 5.68. The number of aromatic nitrogens is 2. The minimum atomic E-state index is -4.50. The Labute approximate surface area is 119 Å². The van der Waals surface area contributed by atoms with E-state index in [2.05, 4.69) is 9.97 Å². The van der Waals surface area contributed by atoms with Crippen LogP contribution in [0.4, 0.5) is 17.6 Å². The number of nitrogens with zero attached hydrogens (tertiary/aromatic N) is 2. The van der Waals surface area contributed by atoms with E-state index in [0.717, 1.165) is 36.2 Å².